The molecule has 1 atom stereocenters. The van der Waals surface area contributed by atoms with Gasteiger partial charge in [-0.15, -0.1) is 23.1 Å². The van der Waals surface area contributed by atoms with Crippen LogP contribution in [0.15, 0.2) is 83.8 Å². The molecule has 36 heavy (non-hydrogen) atoms. The summed E-state index contributed by atoms with van der Waals surface area (Å²) in [5.74, 6) is 0.609. The number of para-hydroxylation sites is 2. The van der Waals surface area contributed by atoms with E-state index in [1.165, 1.54) is 23.1 Å². The van der Waals surface area contributed by atoms with E-state index >= 15 is 0 Å². The standard InChI is InChI=1S/C27H26N4O2S3/c1-17-24(19-10-5-4-6-11-19)30-27(36-17)31-25(32)18(2)35-21-13-9-12-20(16-21)28-26(34)29-22-14-7-8-15-23(22)33-3/h4-16,18H,1-3H3,(H2,28,29,34)(H,30,31,32). The summed E-state index contributed by atoms with van der Waals surface area (Å²) in [5.41, 5.74) is 3.54. The van der Waals surface area contributed by atoms with Gasteiger partial charge in [0.1, 0.15) is 5.75 Å². The SMILES string of the molecule is COc1ccccc1NC(=S)Nc1cccc(SC(C)C(=O)Nc2nc(-c3ccccc3)c(C)s2)c1. The van der Waals surface area contributed by atoms with Gasteiger partial charge in [-0.05, 0) is 56.4 Å². The van der Waals surface area contributed by atoms with Crippen LogP contribution in [0.4, 0.5) is 16.5 Å². The van der Waals surface area contributed by atoms with Gasteiger partial charge < -0.3 is 20.7 Å². The van der Waals surface area contributed by atoms with Crippen LogP contribution >= 0.6 is 35.3 Å². The molecule has 0 saturated heterocycles. The molecular formula is C27H26N4O2S3. The average Bonchev–Trinajstić information content (AvgIpc) is 3.24. The Labute approximate surface area is 224 Å². The molecule has 3 N–H and O–H groups in total. The molecule has 0 spiro atoms. The molecule has 9 heteroatoms. The van der Waals surface area contributed by atoms with Crippen LogP contribution in [0.1, 0.15) is 11.8 Å². The summed E-state index contributed by atoms with van der Waals surface area (Å²) in [4.78, 5) is 19.5. The van der Waals surface area contributed by atoms with Gasteiger partial charge in [0.15, 0.2) is 10.2 Å². The second kappa shape index (κ2) is 12.0. The quantitative estimate of drug-likeness (QED) is 0.165. The number of nitrogens with zero attached hydrogens (tertiary/aromatic N) is 1. The molecule has 3 aromatic carbocycles. The van der Waals surface area contributed by atoms with E-state index in [-0.39, 0.29) is 11.2 Å². The highest BCUT2D eigenvalue weighted by Gasteiger charge is 2.18. The molecule has 0 fully saturated rings. The molecule has 184 valence electrons. The van der Waals surface area contributed by atoms with E-state index in [4.69, 9.17) is 17.0 Å². The van der Waals surface area contributed by atoms with Crippen molar-refractivity contribution in [3.8, 4) is 17.0 Å². The lowest BCUT2D eigenvalue weighted by Crippen LogP contribution is -2.22. The monoisotopic (exact) mass is 534 g/mol. The summed E-state index contributed by atoms with van der Waals surface area (Å²) in [7, 11) is 1.62. The third kappa shape index (κ3) is 6.63. The fraction of sp³-hybridized carbons (Fsp3) is 0.148. The van der Waals surface area contributed by atoms with Crippen molar-refractivity contribution in [3.05, 3.63) is 83.7 Å². The van der Waals surface area contributed by atoms with Crippen molar-refractivity contribution in [1.29, 1.82) is 0 Å². The Kier molecular flexibility index (Phi) is 8.58. The summed E-state index contributed by atoms with van der Waals surface area (Å²) < 4.78 is 5.36. The molecule has 1 unspecified atom stereocenters. The number of amides is 1. The highest BCUT2D eigenvalue weighted by Crippen LogP contribution is 2.32. The number of rotatable bonds is 8. The van der Waals surface area contributed by atoms with Gasteiger partial charge in [-0.25, -0.2) is 4.98 Å². The molecular weight excluding hydrogens is 509 g/mol. The minimum Gasteiger partial charge on any atom is -0.495 e. The predicted molar refractivity (Wildman–Crippen MR) is 156 cm³/mol. The van der Waals surface area contributed by atoms with Gasteiger partial charge in [-0.2, -0.15) is 0 Å². The van der Waals surface area contributed by atoms with Crippen LogP contribution < -0.4 is 20.7 Å². The number of nitrogens with one attached hydrogen (secondary N) is 3. The molecule has 0 radical (unpaired) electrons. The third-order valence-corrected chi connectivity index (χ3v) is 7.39. The van der Waals surface area contributed by atoms with Crippen LogP contribution in [0.25, 0.3) is 11.3 Å². The fourth-order valence-corrected chi connectivity index (χ4v) is 5.45. The summed E-state index contributed by atoms with van der Waals surface area (Å²) in [6.45, 7) is 3.89. The largest absolute Gasteiger partial charge is 0.495 e. The van der Waals surface area contributed by atoms with E-state index in [0.29, 0.717) is 16.0 Å². The summed E-state index contributed by atoms with van der Waals surface area (Å²) in [6, 6.07) is 25.3. The first-order valence-corrected chi connectivity index (χ1v) is 13.3. The molecule has 1 heterocycles. The second-order valence-electron chi connectivity index (χ2n) is 7.85. The number of thiocarbonyl (C=S) groups is 1. The van der Waals surface area contributed by atoms with Crippen molar-refractivity contribution in [2.45, 2.75) is 24.0 Å². The zero-order valence-electron chi connectivity index (χ0n) is 20.1. The normalized spacial score (nSPS) is 11.4. The maximum atomic E-state index is 12.9. The smallest absolute Gasteiger partial charge is 0.239 e. The van der Waals surface area contributed by atoms with Crippen LogP contribution in [0.2, 0.25) is 0 Å². The van der Waals surface area contributed by atoms with Crippen molar-refractivity contribution in [3.63, 3.8) is 0 Å². The van der Waals surface area contributed by atoms with E-state index in [1.807, 2.05) is 92.7 Å². The van der Waals surface area contributed by atoms with Crippen LogP contribution in [-0.4, -0.2) is 28.4 Å². The molecule has 1 aromatic heterocycles. The maximum absolute atomic E-state index is 12.9. The molecule has 0 aliphatic heterocycles. The van der Waals surface area contributed by atoms with E-state index in [0.717, 1.165) is 32.4 Å². The van der Waals surface area contributed by atoms with Crippen molar-refractivity contribution in [2.24, 2.45) is 0 Å². The lowest BCUT2D eigenvalue weighted by molar-refractivity contribution is -0.115. The average molecular weight is 535 g/mol. The third-order valence-electron chi connectivity index (χ3n) is 5.20. The number of carbonyl (C=O) groups excluding carboxylic acids is 1. The van der Waals surface area contributed by atoms with Gasteiger partial charge in [0.25, 0.3) is 0 Å². The first-order chi connectivity index (χ1) is 17.4. The lowest BCUT2D eigenvalue weighted by atomic mass is 10.1. The van der Waals surface area contributed by atoms with Crippen LogP contribution in [0.5, 0.6) is 5.75 Å². The Hall–Kier alpha value is -3.40. The van der Waals surface area contributed by atoms with Gasteiger partial charge in [0.05, 0.1) is 23.7 Å². The number of carbonyl (C=O) groups is 1. The number of benzene rings is 3. The summed E-state index contributed by atoms with van der Waals surface area (Å²) in [6.07, 6.45) is 0. The highest BCUT2D eigenvalue weighted by molar-refractivity contribution is 8.00. The highest BCUT2D eigenvalue weighted by atomic mass is 32.2. The molecule has 0 aliphatic rings. The van der Waals surface area contributed by atoms with Crippen molar-refractivity contribution < 1.29 is 9.53 Å². The van der Waals surface area contributed by atoms with Crippen molar-refractivity contribution >= 4 is 62.8 Å². The van der Waals surface area contributed by atoms with Crippen molar-refractivity contribution in [1.82, 2.24) is 4.98 Å². The number of aromatic nitrogens is 1. The number of hydrogen-bond acceptors (Lipinski definition) is 6. The van der Waals surface area contributed by atoms with Gasteiger partial charge in [0, 0.05) is 21.0 Å². The first kappa shape index (κ1) is 25.7. The Bertz CT molecular complexity index is 1360. The van der Waals surface area contributed by atoms with E-state index in [9.17, 15) is 4.79 Å². The molecule has 0 aliphatic carbocycles. The minimum atomic E-state index is -0.316. The lowest BCUT2D eigenvalue weighted by Gasteiger charge is -2.14. The number of hydrogen-bond donors (Lipinski definition) is 3. The van der Waals surface area contributed by atoms with Gasteiger partial charge >= 0.3 is 0 Å². The number of aryl methyl sites for hydroxylation is 1. The molecule has 0 bridgehead atoms. The maximum Gasteiger partial charge on any atom is 0.239 e. The molecule has 1 amide bonds. The van der Waals surface area contributed by atoms with E-state index < -0.39 is 0 Å². The molecule has 4 aromatic rings. The summed E-state index contributed by atoms with van der Waals surface area (Å²) >= 11 is 8.42. The molecule has 4 rings (SSSR count). The second-order valence-corrected chi connectivity index (χ2v) is 10.9. The Morgan fingerprint density at radius 2 is 1.75 bits per heavy atom. The van der Waals surface area contributed by atoms with Crippen LogP contribution in [0.3, 0.4) is 0 Å². The summed E-state index contributed by atoms with van der Waals surface area (Å²) in [5, 5.41) is 10.0. The van der Waals surface area contributed by atoms with Crippen LogP contribution in [-0.2, 0) is 4.79 Å². The number of ether oxygens (including phenoxy) is 1. The number of thioether (sulfide) groups is 1. The van der Waals surface area contributed by atoms with Gasteiger partial charge in [0.2, 0.25) is 5.91 Å². The molecule has 6 nitrogen and oxygen atoms in total. The first-order valence-electron chi connectivity index (χ1n) is 11.2. The van der Waals surface area contributed by atoms with E-state index in [2.05, 4.69) is 20.9 Å². The van der Waals surface area contributed by atoms with Crippen molar-refractivity contribution in [2.75, 3.05) is 23.1 Å². The Morgan fingerprint density at radius 1 is 1.00 bits per heavy atom. The zero-order chi connectivity index (χ0) is 25.5. The number of thiazole rings is 1. The van der Waals surface area contributed by atoms with Crippen LogP contribution in [0, 0.1) is 6.92 Å². The topological polar surface area (TPSA) is 75.3 Å². The zero-order valence-corrected chi connectivity index (χ0v) is 22.5. The number of methoxy groups -OCH3 is 1. The fourth-order valence-electron chi connectivity index (χ4n) is 3.46. The molecule has 0 saturated carbocycles. The van der Waals surface area contributed by atoms with E-state index in [1.54, 1.807) is 7.11 Å². The Morgan fingerprint density at radius 3 is 2.53 bits per heavy atom. The minimum absolute atomic E-state index is 0.0971. The predicted octanol–water partition coefficient (Wildman–Crippen LogP) is 7.06. The number of anilines is 3. The van der Waals surface area contributed by atoms with Gasteiger partial charge in [-0.3, -0.25) is 4.79 Å². The van der Waals surface area contributed by atoms with Gasteiger partial charge in [-0.1, -0.05) is 48.5 Å². The Balaban J connectivity index is 1.35.